The molecule has 17 heavy (non-hydrogen) atoms. The monoisotopic (exact) mass is 251 g/mol. The third-order valence-electron chi connectivity index (χ3n) is 2.29. The molecule has 2 nitrogen and oxygen atoms in total. The third kappa shape index (κ3) is 3.79. The number of nitrogens with one attached hydrogen (secondary N) is 1. The first kappa shape index (κ1) is 13.6. The van der Waals surface area contributed by atoms with Crippen LogP contribution in [0.15, 0.2) is 23.1 Å². The van der Waals surface area contributed by atoms with E-state index in [-0.39, 0.29) is 16.8 Å². The summed E-state index contributed by atoms with van der Waals surface area (Å²) in [6, 6.07) is 3.71. The van der Waals surface area contributed by atoms with Gasteiger partial charge < -0.3 is 5.32 Å². The minimum Gasteiger partial charge on any atom is -0.338 e. The molecule has 0 spiro atoms. The second kappa shape index (κ2) is 6.31. The van der Waals surface area contributed by atoms with Gasteiger partial charge in [0, 0.05) is 10.5 Å². The van der Waals surface area contributed by atoms with Crippen molar-refractivity contribution in [2.45, 2.75) is 30.7 Å². The summed E-state index contributed by atoms with van der Waals surface area (Å²) in [7, 11) is 0. The SMILES string of the molecule is C#CC(CCC)NC(=O)c1ccc(F)c(S)c1. The first-order valence-corrected chi connectivity index (χ1v) is 5.78. The normalized spacial score (nSPS) is 11.6. The van der Waals surface area contributed by atoms with Gasteiger partial charge in [0.15, 0.2) is 0 Å². The number of halogens is 1. The minimum atomic E-state index is -0.452. The van der Waals surface area contributed by atoms with Gasteiger partial charge in [-0.15, -0.1) is 19.1 Å². The lowest BCUT2D eigenvalue weighted by Crippen LogP contribution is -2.33. The van der Waals surface area contributed by atoms with Gasteiger partial charge in [-0.3, -0.25) is 4.79 Å². The van der Waals surface area contributed by atoms with Crippen LogP contribution in [-0.2, 0) is 0 Å². The molecule has 1 rings (SSSR count). The van der Waals surface area contributed by atoms with Gasteiger partial charge in [0.25, 0.3) is 5.91 Å². The summed E-state index contributed by atoms with van der Waals surface area (Å²) in [5, 5.41) is 2.70. The summed E-state index contributed by atoms with van der Waals surface area (Å²) in [5.41, 5.74) is 0.354. The van der Waals surface area contributed by atoms with E-state index in [1.807, 2.05) is 6.92 Å². The Hall–Kier alpha value is -1.47. The van der Waals surface area contributed by atoms with Crippen molar-refractivity contribution < 1.29 is 9.18 Å². The molecular weight excluding hydrogens is 237 g/mol. The highest BCUT2D eigenvalue weighted by Crippen LogP contribution is 2.14. The van der Waals surface area contributed by atoms with Gasteiger partial charge in [-0.2, -0.15) is 0 Å². The number of benzene rings is 1. The predicted octanol–water partition coefficient (Wildman–Crippen LogP) is 2.65. The van der Waals surface area contributed by atoms with Crippen LogP contribution in [-0.4, -0.2) is 11.9 Å². The molecule has 1 atom stereocenters. The van der Waals surface area contributed by atoms with Crippen LogP contribution < -0.4 is 5.32 Å². The van der Waals surface area contributed by atoms with Crippen LogP contribution in [0.1, 0.15) is 30.1 Å². The Morgan fingerprint density at radius 3 is 2.88 bits per heavy atom. The van der Waals surface area contributed by atoms with Crippen molar-refractivity contribution in [2.75, 3.05) is 0 Å². The number of carbonyl (C=O) groups is 1. The average molecular weight is 251 g/mol. The Balaban J connectivity index is 2.76. The fourth-order valence-corrected chi connectivity index (χ4v) is 1.59. The van der Waals surface area contributed by atoms with Gasteiger partial charge in [-0.05, 0) is 24.6 Å². The number of terminal acetylenes is 1. The van der Waals surface area contributed by atoms with E-state index in [1.54, 1.807) is 0 Å². The second-order valence-electron chi connectivity index (χ2n) is 3.65. The molecule has 0 saturated heterocycles. The zero-order valence-electron chi connectivity index (χ0n) is 9.53. The third-order valence-corrected chi connectivity index (χ3v) is 2.63. The largest absolute Gasteiger partial charge is 0.338 e. The molecule has 1 aromatic carbocycles. The molecule has 1 aromatic rings. The van der Waals surface area contributed by atoms with Crippen LogP contribution in [0.5, 0.6) is 0 Å². The van der Waals surface area contributed by atoms with Crippen molar-refractivity contribution in [1.82, 2.24) is 5.32 Å². The Bertz CT molecular complexity index is 453. The summed E-state index contributed by atoms with van der Waals surface area (Å²) in [6.07, 6.45) is 6.90. The standard InChI is InChI=1S/C13H14FNOS/c1-3-5-10(4-2)15-13(16)9-6-7-11(14)12(17)8-9/h2,6-8,10,17H,3,5H2,1H3,(H,15,16). The van der Waals surface area contributed by atoms with Gasteiger partial charge in [0.1, 0.15) is 5.82 Å². The maximum Gasteiger partial charge on any atom is 0.252 e. The number of thiol groups is 1. The van der Waals surface area contributed by atoms with Gasteiger partial charge >= 0.3 is 0 Å². The Kier molecular flexibility index (Phi) is 5.05. The molecule has 0 aliphatic carbocycles. The highest BCUT2D eigenvalue weighted by Gasteiger charge is 2.11. The topological polar surface area (TPSA) is 29.1 Å². The van der Waals surface area contributed by atoms with Crippen LogP contribution in [0.25, 0.3) is 0 Å². The first-order chi connectivity index (χ1) is 8.08. The molecule has 1 amide bonds. The molecule has 4 heteroatoms. The summed E-state index contributed by atoms with van der Waals surface area (Å²) < 4.78 is 13.0. The van der Waals surface area contributed by atoms with Gasteiger partial charge in [0.05, 0.1) is 6.04 Å². The lowest BCUT2D eigenvalue weighted by Gasteiger charge is -2.12. The van der Waals surface area contributed by atoms with Crippen LogP contribution >= 0.6 is 12.6 Å². The second-order valence-corrected chi connectivity index (χ2v) is 4.13. The Morgan fingerprint density at radius 1 is 1.65 bits per heavy atom. The van der Waals surface area contributed by atoms with Crippen molar-refractivity contribution in [2.24, 2.45) is 0 Å². The quantitative estimate of drug-likeness (QED) is 0.625. The molecule has 0 fully saturated rings. The fourth-order valence-electron chi connectivity index (χ4n) is 1.38. The molecule has 1 N–H and O–H groups in total. The number of hydrogen-bond acceptors (Lipinski definition) is 2. The van der Waals surface area contributed by atoms with Crippen molar-refractivity contribution >= 4 is 18.5 Å². The summed E-state index contributed by atoms with van der Waals surface area (Å²) in [6.45, 7) is 1.99. The van der Waals surface area contributed by atoms with Gasteiger partial charge in [-0.1, -0.05) is 19.3 Å². The maximum absolute atomic E-state index is 13.0. The lowest BCUT2D eigenvalue weighted by atomic mass is 10.1. The average Bonchev–Trinajstić information content (AvgIpc) is 2.31. The Labute approximate surface area is 106 Å². The van der Waals surface area contributed by atoms with E-state index in [1.165, 1.54) is 18.2 Å². The van der Waals surface area contributed by atoms with E-state index in [0.717, 1.165) is 12.8 Å². The molecule has 0 heterocycles. The smallest absolute Gasteiger partial charge is 0.252 e. The molecule has 0 aliphatic rings. The van der Waals surface area contributed by atoms with Crippen LogP contribution in [0.2, 0.25) is 0 Å². The zero-order valence-corrected chi connectivity index (χ0v) is 10.4. The van der Waals surface area contributed by atoms with E-state index in [0.29, 0.717) is 5.56 Å². The summed E-state index contributed by atoms with van der Waals surface area (Å²) in [4.78, 5) is 11.9. The lowest BCUT2D eigenvalue weighted by molar-refractivity contribution is 0.0944. The highest BCUT2D eigenvalue weighted by atomic mass is 32.1. The van der Waals surface area contributed by atoms with E-state index in [2.05, 4.69) is 23.9 Å². The van der Waals surface area contributed by atoms with E-state index in [9.17, 15) is 9.18 Å². The molecule has 1 unspecified atom stereocenters. The van der Waals surface area contributed by atoms with Crippen LogP contribution in [0.4, 0.5) is 4.39 Å². The molecule has 0 radical (unpaired) electrons. The minimum absolute atomic E-state index is 0.144. The van der Waals surface area contributed by atoms with Crippen molar-refractivity contribution in [1.29, 1.82) is 0 Å². The van der Waals surface area contributed by atoms with E-state index >= 15 is 0 Å². The first-order valence-electron chi connectivity index (χ1n) is 5.34. The fraction of sp³-hybridized carbons (Fsp3) is 0.308. The number of hydrogen-bond donors (Lipinski definition) is 2. The summed E-state index contributed by atoms with van der Waals surface area (Å²) in [5.74, 6) is 1.74. The van der Waals surface area contributed by atoms with Crippen molar-refractivity contribution in [3.63, 3.8) is 0 Å². The maximum atomic E-state index is 13.0. The van der Waals surface area contributed by atoms with Gasteiger partial charge in [-0.25, -0.2) is 4.39 Å². The molecular formula is C13H14FNOS. The highest BCUT2D eigenvalue weighted by molar-refractivity contribution is 7.80. The Morgan fingerprint density at radius 2 is 2.35 bits per heavy atom. The van der Waals surface area contributed by atoms with Crippen LogP contribution in [0.3, 0.4) is 0 Å². The predicted molar refractivity (Wildman–Crippen MR) is 68.6 cm³/mol. The molecule has 0 aromatic heterocycles. The molecule has 0 saturated carbocycles. The van der Waals surface area contributed by atoms with E-state index in [4.69, 9.17) is 6.42 Å². The number of rotatable bonds is 4. The molecule has 90 valence electrons. The van der Waals surface area contributed by atoms with Crippen molar-refractivity contribution in [3.05, 3.63) is 29.6 Å². The summed E-state index contributed by atoms with van der Waals surface area (Å²) >= 11 is 3.92. The number of carbonyl (C=O) groups excluding carboxylic acids is 1. The van der Waals surface area contributed by atoms with Gasteiger partial charge in [0.2, 0.25) is 0 Å². The van der Waals surface area contributed by atoms with Crippen LogP contribution in [0, 0.1) is 18.2 Å². The van der Waals surface area contributed by atoms with Crippen molar-refractivity contribution in [3.8, 4) is 12.3 Å². The molecule has 0 aliphatic heterocycles. The zero-order chi connectivity index (χ0) is 12.8. The van der Waals surface area contributed by atoms with E-state index < -0.39 is 5.82 Å². The molecule has 0 bridgehead atoms. The number of amides is 1.